The van der Waals surface area contributed by atoms with Gasteiger partial charge in [-0.1, -0.05) is 23.7 Å². The molecule has 0 amide bonds. The third-order valence-electron chi connectivity index (χ3n) is 2.67. The highest BCUT2D eigenvalue weighted by Crippen LogP contribution is 2.34. The lowest BCUT2D eigenvalue weighted by molar-refractivity contribution is -0.384. The molecule has 0 saturated heterocycles. The number of halogens is 4. The summed E-state index contributed by atoms with van der Waals surface area (Å²) in [5.41, 5.74) is -0.421. The van der Waals surface area contributed by atoms with Crippen molar-refractivity contribution < 1.29 is 35.4 Å². The molecule has 0 radical (unpaired) electrons. The summed E-state index contributed by atoms with van der Waals surface area (Å²) in [7, 11) is -4.75. The summed E-state index contributed by atoms with van der Waals surface area (Å²) < 4.78 is 69.9. The largest absolute Gasteiger partial charge is 0.573 e. The van der Waals surface area contributed by atoms with E-state index < -0.39 is 48.5 Å². The van der Waals surface area contributed by atoms with Crippen LogP contribution < -0.4 is 8.92 Å². The third-order valence-corrected chi connectivity index (χ3v) is 4.24. The molecule has 2 rings (SSSR count). The zero-order valence-corrected chi connectivity index (χ0v) is 13.4. The van der Waals surface area contributed by atoms with Crippen molar-refractivity contribution in [3.05, 3.63) is 57.6 Å². The maximum absolute atomic E-state index is 12.4. The Hall–Kier alpha value is -2.53. The van der Waals surface area contributed by atoms with Gasteiger partial charge in [0, 0.05) is 12.1 Å². The van der Waals surface area contributed by atoms with Gasteiger partial charge in [-0.3, -0.25) is 10.1 Å². The van der Waals surface area contributed by atoms with Crippen molar-refractivity contribution in [2.45, 2.75) is 11.3 Å². The van der Waals surface area contributed by atoms with E-state index in [-0.39, 0.29) is 0 Å². The molecule has 0 aromatic heterocycles. The summed E-state index contributed by atoms with van der Waals surface area (Å²) in [6.45, 7) is 0. The normalized spacial score (nSPS) is 11.8. The summed E-state index contributed by atoms with van der Waals surface area (Å²) in [5.74, 6) is -1.48. The van der Waals surface area contributed by atoms with Crippen LogP contribution in [0.15, 0.2) is 47.4 Å². The van der Waals surface area contributed by atoms with E-state index in [1.54, 1.807) is 0 Å². The number of para-hydroxylation sites is 1. The first-order valence-corrected chi connectivity index (χ1v) is 8.01. The number of benzene rings is 2. The number of hydrogen-bond acceptors (Lipinski definition) is 6. The van der Waals surface area contributed by atoms with Crippen molar-refractivity contribution in [1.29, 1.82) is 0 Å². The minimum atomic E-state index is -5.11. The molecule has 0 N–H and O–H groups in total. The Morgan fingerprint density at radius 2 is 1.72 bits per heavy atom. The van der Waals surface area contributed by atoms with E-state index >= 15 is 0 Å². The second kappa shape index (κ2) is 6.76. The molecule has 12 heteroatoms. The van der Waals surface area contributed by atoms with Gasteiger partial charge in [0.15, 0.2) is 11.5 Å². The second-order valence-corrected chi connectivity index (χ2v) is 6.33. The molecule has 0 fully saturated rings. The van der Waals surface area contributed by atoms with Crippen molar-refractivity contribution >= 4 is 27.4 Å². The number of ether oxygens (including phenoxy) is 1. The van der Waals surface area contributed by atoms with E-state index in [2.05, 4.69) is 8.92 Å². The van der Waals surface area contributed by atoms with Crippen molar-refractivity contribution in [2.75, 3.05) is 0 Å². The summed E-state index contributed by atoms with van der Waals surface area (Å²) in [6.07, 6.45) is -5.11. The quantitative estimate of drug-likeness (QED) is 0.431. The Morgan fingerprint density at radius 3 is 2.28 bits per heavy atom. The molecule has 0 saturated carbocycles. The lowest BCUT2D eigenvalue weighted by atomic mass is 10.3. The van der Waals surface area contributed by atoms with Crippen LogP contribution in [0.1, 0.15) is 0 Å². The lowest BCUT2D eigenvalue weighted by Gasteiger charge is -2.14. The number of nitro benzene ring substituents is 1. The first-order valence-electron chi connectivity index (χ1n) is 6.23. The van der Waals surface area contributed by atoms with Crippen molar-refractivity contribution in [3.8, 4) is 11.5 Å². The van der Waals surface area contributed by atoms with Crippen LogP contribution >= 0.6 is 11.6 Å². The van der Waals surface area contributed by atoms with Gasteiger partial charge in [-0.05, 0) is 18.2 Å². The molecule has 0 aliphatic rings. The second-order valence-electron chi connectivity index (χ2n) is 4.40. The van der Waals surface area contributed by atoms with Crippen LogP contribution in [0.4, 0.5) is 18.9 Å². The number of non-ortho nitro benzene ring substituents is 1. The van der Waals surface area contributed by atoms with Crippen molar-refractivity contribution in [3.63, 3.8) is 0 Å². The Kier molecular flexibility index (Phi) is 5.09. The SMILES string of the molecule is O=[N+]([O-])c1ccc(OS(=O)(=O)c2ccccc2OC(F)(F)F)c(Cl)c1. The topological polar surface area (TPSA) is 95.7 Å². The number of rotatable bonds is 5. The number of nitro groups is 1. The van der Waals surface area contributed by atoms with E-state index in [9.17, 15) is 31.7 Å². The predicted molar refractivity (Wildman–Crippen MR) is 79.0 cm³/mol. The zero-order chi connectivity index (χ0) is 18.8. The molecule has 0 unspecified atom stereocenters. The standard InChI is InChI=1S/C13H7ClF3NO6S/c14-9-7-8(18(19)20)5-6-10(9)24-25(21,22)12-4-2-1-3-11(12)23-13(15,16)17/h1-7H. The average molecular weight is 398 g/mol. The minimum absolute atomic E-state index is 0.410. The molecule has 0 heterocycles. The fraction of sp³-hybridized carbons (Fsp3) is 0.0769. The lowest BCUT2D eigenvalue weighted by Crippen LogP contribution is -2.20. The van der Waals surface area contributed by atoms with Gasteiger partial charge in [0.05, 0.1) is 9.95 Å². The van der Waals surface area contributed by atoms with E-state index in [1.165, 1.54) is 0 Å². The van der Waals surface area contributed by atoms with Crippen LogP contribution in [0.2, 0.25) is 5.02 Å². The molecule has 2 aromatic carbocycles. The minimum Gasteiger partial charge on any atom is -0.404 e. The molecular weight excluding hydrogens is 391 g/mol. The van der Waals surface area contributed by atoms with Crippen LogP contribution in [0, 0.1) is 10.1 Å². The van der Waals surface area contributed by atoms with E-state index in [0.717, 1.165) is 42.5 Å². The van der Waals surface area contributed by atoms with Gasteiger partial charge in [-0.2, -0.15) is 8.42 Å². The molecular formula is C13H7ClF3NO6S. The molecule has 25 heavy (non-hydrogen) atoms. The van der Waals surface area contributed by atoms with Gasteiger partial charge >= 0.3 is 16.5 Å². The van der Waals surface area contributed by atoms with Crippen LogP contribution in [-0.2, 0) is 10.1 Å². The van der Waals surface area contributed by atoms with Gasteiger partial charge in [0.1, 0.15) is 4.90 Å². The molecule has 0 aliphatic carbocycles. The number of nitrogens with zero attached hydrogens (tertiary/aromatic N) is 1. The van der Waals surface area contributed by atoms with Gasteiger partial charge in [0.2, 0.25) is 0 Å². The van der Waals surface area contributed by atoms with Crippen molar-refractivity contribution in [2.24, 2.45) is 0 Å². The highest BCUT2D eigenvalue weighted by Gasteiger charge is 2.34. The summed E-state index contributed by atoms with van der Waals surface area (Å²) >= 11 is 5.71. The first kappa shape index (κ1) is 18.8. The Balaban J connectivity index is 2.39. The van der Waals surface area contributed by atoms with E-state index in [4.69, 9.17) is 11.6 Å². The molecule has 0 atom stereocenters. The van der Waals surface area contributed by atoms with Crippen LogP contribution in [-0.4, -0.2) is 19.7 Å². The highest BCUT2D eigenvalue weighted by atomic mass is 35.5. The summed E-state index contributed by atoms with van der Waals surface area (Å²) in [6, 6.07) is 6.61. The average Bonchev–Trinajstić information content (AvgIpc) is 2.47. The van der Waals surface area contributed by atoms with Gasteiger partial charge in [-0.15, -0.1) is 13.2 Å². The Bertz CT molecular complexity index is 916. The summed E-state index contributed by atoms with van der Waals surface area (Å²) in [4.78, 5) is 8.96. The fourth-order valence-corrected chi connectivity index (χ4v) is 3.03. The third kappa shape index (κ3) is 4.73. The van der Waals surface area contributed by atoms with Crippen LogP contribution in [0.25, 0.3) is 0 Å². The van der Waals surface area contributed by atoms with E-state index in [0.29, 0.717) is 0 Å². The zero-order valence-electron chi connectivity index (χ0n) is 11.9. The van der Waals surface area contributed by atoms with Crippen LogP contribution in [0.3, 0.4) is 0 Å². The van der Waals surface area contributed by atoms with Crippen molar-refractivity contribution in [1.82, 2.24) is 0 Å². The molecule has 134 valence electrons. The summed E-state index contributed by atoms with van der Waals surface area (Å²) in [5, 5.41) is 10.2. The van der Waals surface area contributed by atoms with Gasteiger partial charge < -0.3 is 8.92 Å². The monoisotopic (exact) mass is 397 g/mol. The molecule has 0 spiro atoms. The van der Waals surface area contributed by atoms with Gasteiger partial charge in [0.25, 0.3) is 5.69 Å². The van der Waals surface area contributed by atoms with Crippen LogP contribution in [0.5, 0.6) is 11.5 Å². The Labute approximate surface area is 143 Å². The number of alkyl halides is 3. The Morgan fingerprint density at radius 1 is 1.08 bits per heavy atom. The molecule has 0 aliphatic heterocycles. The smallest absolute Gasteiger partial charge is 0.404 e. The maximum Gasteiger partial charge on any atom is 0.573 e. The number of hydrogen-bond donors (Lipinski definition) is 0. The molecule has 2 aromatic rings. The highest BCUT2D eigenvalue weighted by molar-refractivity contribution is 7.87. The first-order chi connectivity index (χ1) is 11.5. The molecule has 7 nitrogen and oxygen atoms in total. The maximum atomic E-state index is 12.4. The fourth-order valence-electron chi connectivity index (χ4n) is 1.70. The molecule has 0 bridgehead atoms. The van der Waals surface area contributed by atoms with E-state index in [1.807, 2.05) is 0 Å². The predicted octanol–water partition coefficient (Wildman–Crippen LogP) is 3.91. The van der Waals surface area contributed by atoms with Gasteiger partial charge in [-0.25, -0.2) is 0 Å².